The Morgan fingerprint density at radius 3 is 2.85 bits per heavy atom. The third kappa shape index (κ3) is 5.39. The normalized spacial score (nSPS) is 12.0. The molecule has 0 aromatic heterocycles. The molecule has 0 heterocycles. The molecule has 20 heavy (non-hydrogen) atoms. The molecule has 1 atom stereocenters. The number of hydrogen-bond acceptors (Lipinski definition) is 3. The van der Waals surface area contributed by atoms with E-state index < -0.39 is 0 Å². The Kier molecular flexibility index (Phi) is 7.41. The fourth-order valence-corrected chi connectivity index (χ4v) is 2.27. The maximum atomic E-state index is 11.7. The number of amides is 1. The molecule has 0 aliphatic carbocycles. The summed E-state index contributed by atoms with van der Waals surface area (Å²) in [5.41, 5.74) is 0.867. The van der Waals surface area contributed by atoms with E-state index in [1.807, 2.05) is 25.1 Å². The number of carbonyl (C=O) groups is 1. The van der Waals surface area contributed by atoms with E-state index in [0.29, 0.717) is 11.6 Å². The van der Waals surface area contributed by atoms with Gasteiger partial charge in [-0.15, -0.1) is 0 Å². The second-order valence-corrected chi connectivity index (χ2v) is 5.19. The summed E-state index contributed by atoms with van der Waals surface area (Å²) in [6.45, 7) is 4.88. The van der Waals surface area contributed by atoms with Crippen LogP contribution in [0.15, 0.2) is 18.2 Å². The highest BCUT2D eigenvalue weighted by atomic mass is 35.5. The van der Waals surface area contributed by atoms with Gasteiger partial charge in [0.2, 0.25) is 5.91 Å². The first-order chi connectivity index (χ1) is 9.58. The summed E-state index contributed by atoms with van der Waals surface area (Å²) >= 11 is 6.13. The minimum absolute atomic E-state index is 0.00281. The number of methoxy groups -OCH3 is 1. The van der Waals surface area contributed by atoms with Crippen LogP contribution in [0.25, 0.3) is 0 Å². The smallest absolute Gasteiger partial charge is 0.234 e. The monoisotopic (exact) mass is 298 g/mol. The van der Waals surface area contributed by atoms with Gasteiger partial charge < -0.3 is 15.4 Å². The molecule has 1 amide bonds. The van der Waals surface area contributed by atoms with Crippen LogP contribution in [-0.2, 0) is 11.3 Å². The summed E-state index contributed by atoms with van der Waals surface area (Å²) in [5, 5.41) is 6.67. The predicted octanol–water partition coefficient (Wildman–Crippen LogP) is 2.74. The van der Waals surface area contributed by atoms with Gasteiger partial charge in [-0.05, 0) is 25.5 Å². The van der Waals surface area contributed by atoms with Gasteiger partial charge >= 0.3 is 0 Å². The fraction of sp³-hybridized carbons (Fsp3) is 0.533. The van der Waals surface area contributed by atoms with Crippen LogP contribution >= 0.6 is 11.6 Å². The maximum absolute atomic E-state index is 11.7. The van der Waals surface area contributed by atoms with Crippen LogP contribution in [0.3, 0.4) is 0 Å². The van der Waals surface area contributed by atoms with Crippen LogP contribution < -0.4 is 15.4 Å². The highest BCUT2D eigenvalue weighted by Crippen LogP contribution is 2.25. The molecule has 1 aromatic rings. The first kappa shape index (κ1) is 16.8. The minimum atomic E-state index is -0.00281. The zero-order valence-electron chi connectivity index (χ0n) is 12.3. The largest absolute Gasteiger partial charge is 0.496 e. The van der Waals surface area contributed by atoms with Crippen LogP contribution in [0.5, 0.6) is 5.75 Å². The van der Waals surface area contributed by atoms with Gasteiger partial charge in [0, 0.05) is 23.2 Å². The third-order valence-electron chi connectivity index (χ3n) is 3.01. The van der Waals surface area contributed by atoms with Crippen molar-refractivity contribution in [2.24, 2.45) is 0 Å². The summed E-state index contributed by atoms with van der Waals surface area (Å²) < 4.78 is 5.26. The van der Waals surface area contributed by atoms with E-state index in [4.69, 9.17) is 16.3 Å². The third-order valence-corrected chi connectivity index (χ3v) is 3.37. The Bertz CT molecular complexity index is 438. The van der Waals surface area contributed by atoms with Crippen molar-refractivity contribution < 1.29 is 9.53 Å². The molecule has 0 aliphatic heterocycles. The summed E-state index contributed by atoms with van der Waals surface area (Å²) in [5.74, 6) is 0.724. The van der Waals surface area contributed by atoms with Crippen LogP contribution in [0, 0.1) is 0 Å². The van der Waals surface area contributed by atoms with Gasteiger partial charge in [0.15, 0.2) is 0 Å². The van der Waals surface area contributed by atoms with Crippen LogP contribution in [0.2, 0.25) is 5.02 Å². The Labute approximate surface area is 125 Å². The number of carbonyl (C=O) groups excluding carboxylic acids is 1. The number of rotatable bonds is 8. The minimum Gasteiger partial charge on any atom is -0.496 e. The number of nitrogens with one attached hydrogen (secondary N) is 2. The molecule has 2 N–H and O–H groups in total. The number of ether oxygens (including phenoxy) is 1. The molecule has 0 fully saturated rings. The maximum Gasteiger partial charge on any atom is 0.234 e. The molecular weight excluding hydrogens is 276 g/mol. The average molecular weight is 299 g/mol. The van der Waals surface area contributed by atoms with Crippen molar-refractivity contribution in [1.29, 1.82) is 0 Å². The summed E-state index contributed by atoms with van der Waals surface area (Å²) in [4.78, 5) is 11.7. The summed E-state index contributed by atoms with van der Waals surface area (Å²) in [7, 11) is 1.61. The molecule has 0 saturated heterocycles. The van der Waals surface area contributed by atoms with Gasteiger partial charge in [0.05, 0.1) is 13.7 Å². The van der Waals surface area contributed by atoms with Crippen molar-refractivity contribution >= 4 is 17.5 Å². The molecule has 1 rings (SSSR count). The molecular formula is C15H23ClN2O2. The molecule has 0 aliphatic rings. The quantitative estimate of drug-likeness (QED) is 0.776. The van der Waals surface area contributed by atoms with Crippen molar-refractivity contribution in [3.05, 3.63) is 28.8 Å². The molecule has 112 valence electrons. The van der Waals surface area contributed by atoms with E-state index in [2.05, 4.69) is 17.6 Å². The lowest BCUT2D eigenvalue weighted by atomic mass is 10.2. The fourth-order valence-electron chi connectivity index (χ4n) is 2.03. The first-order valence-corrected chi connectivity index (χ1v) is 7.27. The van der Waals surface area contributed by atoms with E-state index in [9.17, 15) is 4.79 Å². The van der Waals surface area contributed by atoms with E-state index >= 15 is 0 Å². The molecule has 1 unspecified atom stereocenters. The lowest BCUT2D eigenvalue weighted by molar-refractivity contribution is -0.120. The van der Waals surface area contributed by atoms with Gasteiger partial charge in [-0.3, -0.25) is 4.79 Å². The molecule has 4 nitrogen and oxygen atoms in total. The van der Waals surface area contributed by atoms with Gasteiger partial charge in [-0.25, -0.2) is 0 Å². The SMILES string of the molecule is CCCC(C)NC(=O)CNCc1c(Cl)cccc1OC. The number of hydrogen-bond donors (Lipinski definition) is 2. The zero-order valence-corrected chi connectivity index (χ0v) is 13.1. The molecule has 0 bridgehead atoms. The lowest BCUT2D eigenvalue weighted by Gasteiger charge is -2.14. The van der Waals surface area contributed by atoms with Gasteiger partial charge in [0.25, 0.3) is 0 Å². The van der Waals surface area contributed by atoms with E-state index in [0.717, 1.165) is 24.2 Å². The number of halogens is 1. The van der Waals surface area contributed by atoms with Gasteiger partial charge in [0.1, 0.15) is 5.75 Å². The Morgan fingerprint density at radius 2 is 2.20 bits per heavy atom. The summed E-state index contributed by atoms with van der Waals surface area (Å²) in [6.07, 6.45) is 2.05. The zero-order chi connectivity index (χ0) is 15.0. The van der Waals surface area contributed by atoms with E-state index in [1.54, 1.807) is 7.11 Å². The van der Waals surface area contributed by atoms with Crippen LogP contribution in [-0.4, -0.2) is 25.6 Å². The second kappa shape index (κ2) is 8.82. The molecule has 1 aromatic carbocycles. The van der Waals surface area contributed by atoms with Crippen molar-refractivity contribution in [2.45, 2.75) is 39.3 Å². The standard InChI is InChI=1S/C15H23ClN2O2/c1-4-6-11(2)18-15(19)10-17-9-12-13(16)7-5-8-14(12)20-3/h5,7-8,11,17H,4,6,9-10H2,1-3H3,(H,18,19). The summed E-state index contributed by atoms with van der Waals surface area (Å²) in [6, 6.07) is 5.71. The average Bonchev–Trinajstić information content (AvgIpc) is 2.40. The Hall–Kier alpha value is -1.26. The van der Waals surface area contributed by atoms with Crippen molar-refractivity contribution in [3.8, 4) is 5.75 Å². The predicted molar refractivity (Wildman–Crippen MR) is 82.2 cm³/mol. The van der Waals surface area contributed by atoms with Crippen molar-refractivity contribution in [3.63, 3.8) is 0 Å². The molecule has 0 saturated carbocycles. The highest BCUT2D eigenvalue weighted by Gasteiger charge is 2.09. The first-order valence-electron chi connectivity index (χ1n) is 6.90. The molecule has 5 heteroatoms. The van der Waals surface area contributed by atoms with E-state index in [1.165, 1.54) is 0 Å². The molecule has 0 spiro atoms. The van der Waals surface area contributed by atoms with Gasteiger partial charge in [-0.2, -0.15) is 0 Å². The van der Waals surface area contributed by atoms with Gasteiger partial charge in [-0.1, -0.05) is 31.0 Å². The Balaban J connectivity index is 2.43. The topological polar surface area (TPSA) is 50.4 Å². The van der Waals surface area contributed by atoms with Crippen LogP contribution in [0.1, 0.15) is 32.3 Å². The number of benzene rings is 1. The Morgan fingerprint density at radius 1 is 1.45 bits per heavy atom. The van der Waals surface area contributed by atoms with Crippen molar-refractivity contribution in [1.82, 2.24) is 10.6 Å². The molecule has 0 radical (unpaired) electrons. The van der Waals surface area contributed by atoms with Crippen molar-refractivity contribution in [2.75, 3.05) is 13.7 Å². The highest BCUT2D eigenvalue weighted by molar-refractivity contribution is 6.31. The lowest BCUT2D eigenvalue weighted by Crippen LogP contribution is -2.38. The van der Waals surface area contributed by atoms with E-state index in [-0.39, 0.29) is 18.5 Å². The van der Waals surface area contributed by atoms with Crippen LogP contribution in [0.4, 0.5) is 0 Å². The second-order valence-electron chi connectivity index (χ2n) is 4.78.